The van der Waals surface area contributed by atoms with Crippen LogP contribution >= 0.6 is 11.6 Å². The van der Waals surface area contributed by atoms with Gasteiger partial charge in [0.25, 0.3) is 5.24 Å². The molecule has 1 aromatic heterocycles. The standard InChI is InChI=1S/C14H11ClO4/c1-2-18-14(17)10-5-3-4-9(8-10)11-6-7-12(19-11)13(15)16/h3-8H,2H2,1H3. The molecule has 19 heavy (non-hydrogen) atoms. The summed E-state index contributed by atoms with van der Waals surface area (Å²) in [6.45, 7) is 2.06. The summed E-state index contributed by atoms with van der Waals surface area (Å²) in [6, 6.07) is 9.88. The Morgan fingerprint density at radius 2 is 2.05 bits per heavy atom. The van der Waals surface area contributed by atoms with Crippen LogP contribution in [-0.4, -0.2) is 17.8 Å². The number of esters is 1. The first-order valence-electron chi connectivity index (χ1n) is 5.69. The fraction of sp³-hybridized carbons (Fsp3) is 0.143. The van der Waals surface area contributed by atoms with Gasteiger partial charge in [0.15, 0.2) is 5.76 Å². The van der Waals surface area contributed by atoms with Crippen LogP contribution < -0.4 is 0 Å². The summed E-state index contributed by atoms with van der Waals surface area (Å²) < 4.78 is 10.2. The highest BCUT2D eigenvalue weighted by Crippen LogP contribution is 2.24. The highest BCUT2D eigenvalue weighted by atomic mass is 35.5. The van der Waals surface area contributed by atoms with Crippen LogP contribution in [-0.2, 0) is 4.74 Å². The molecule has 0 aliphatic carbocycles. The van der Waals surface area contributed by atoms with Crippen LogP contribution in [0.15, 0.2) is 40.8 Å². The predicted octanol–water partition coefficient (Wildman–Crippen LogP) is 3.50. The van der Waals surface area contributed by atoms with Gasteiger partial charge in [-0.15, -0.1) is 0 Å². The monoisotopic (exact) mass is 278 g/mol. The molecule has 0 saturated heterocycles. The second kappa shape index (κ2) is 5.71. The van der Waals surface area contributed by atoms with E-state index in [1.54, 1.807) is 37.3 Å². The number of benzene rings is 1. The number of ether oxygens (including phenoxy) is 1. The number of carbonyl (C=O) groups is 2. The van der Waals surface area contributed by atoms with Crippen LogP contribution in [0.1, 0.15) is 27.8 Å². The van der Waals surface area contributed by atoms with Gasteiger partial charge in [-0.05, 0) is 42.8 Å². The zero-order valence-corrected chi connectivity index (χ0v) is 10.9. The Hall–Kier alpha value is -2.07. The quantitative estimate of drug-likeness (QED) is 0.634. The summed E-state index contributed by atoms with van der Waals surface area (Å²) in [5.74, 6) is 0.137. The molecule has 1 aromatic carbocycles. The molecule has 2 aromatic rings. The number of hydrogen-bond acceptors (Lipinski definition) is 4. The van der Waals surface area contributed by atoms with Gasteiger partial charge in [-0.25, -0.2) is 4.79 Å². The van der Waals surface area contributed by atoms with Crippen LogP contribution in [0.5, 0.6) is 0 Å². The molecular formula is C14H11ClO4. The minimum atomic E-state index is -0.659. The second-order valence-electron chi connectivity index (χ2n) is 3.74. The minimum absolute atomic E-state index is 0.0678. The molecule has 0 radical (unpaired) electrons. The summed E-state index contributed by atoms with van der Waals surface area (Å²) in [5, 5.41) is -0.659. The van der Waals surface area contributed by atoms with Crippen LogP contribution in [0.2, 0.25) is 0 Å². The van der Waals surface area contributed by atoms with Crippen molar-refractivity contribution in [3.05, 3.63) is 47.7 Å². The maximum Gasteiger partial charge on any atom is 0.338 e. The highest BCUT2D eigenvalue weighted by molar-refractivity contribution is 6.67. The van der Waals surface area contributed by atoms with Crippen LogP contribution in [0, 0.1) is 0 Å². The van der Waals surface area contributed by atoms with Crippen molar-refractivity contribution in [3.63, 3.8) is 0 Å². The van der Waals surface area contributed by atoms with Crippen LogP contribution in [0.4, 0.5) is 0 Å². The van der Waals surface area contributed by atoms with E-state index in [0.29, 0.717) is 23.5 Å². The summed E-state index contributed by atoms with van der Waals surface area (Å²) in [4.78, 5) is 22.6. The van der Waals surface area contributed by atoms with Gasteiger partial charge in [-0.2, -0.15) is 0 Å². The molecule has 0 atom stereocenters. The Morgan fingerprint density at radius 1 is 1.26 bits per heavy atom. The fourth-order valence-corrected chi connectivity index (χ4v) is 1.71. The minimum Gasteiger partial charge on any atom is -0.462 e. The van der Waals surface area contributed by atoms with Crippen molar-refractivity contribution in [1.82, 2.24) is 0 Å². The molecule has 1 heterocycles. The Morgan fingerprint density at radius 3 is 2.68 bits per heavy atom. The molecule has 0 fully saturated rings. The first-order valence-corrected chi connectivity index (χ1v) is 6.07. The highest BCUT2D eigenvalue weighted by Gasteiger charge is 2.12. The van der Waals surface area contributed by atoms with Gasteiger partial charge in [0.05, 0.1) is 12.2 Å². The van der Waals surface area contributed by atoms with Crippen LogP contribution in [0.3, 0.4) is 0 Å². The zero-order valence-electron chi connectivity index (χ0n) is 10.2. The van der Waals surface area contributed by atoms with Gasteiger partial charge in [0.1, 0.15) is 5.76 Å². The van der Waals surface area contributed by atoms with Crippen molar-refractivity contribution >= 4 is 22.8 Å². The van der Waals surface area contributed by atoms with Gasteiger partial charge in [0, 0.05) is 5.56 Å². The van der Waals surface area contributed by atoms with Crippen molar-refractivity contribution in [2.45, 2.75) is 6.92 Å². The molecule has 4 nitrogen and oxygen atoms in total. The van der Waals surface area contributed by atoms with E-state index >= 15 is 0 Å². The van der Waals surface area contributed by atoms with Gasteiger partial charge < -0.3 is 9.15 Å². The molecule has 0 aliphatic heterocycles. The van der Waals surface area contributed by atoms with Crippen molar-refractivity contribution in [3.8, 4) is 11.3 Å². The van der Waals surface area contributed by atoms with E-state index in [1.807, 2.05) is 0 Å². The maximum atomic E-state index is 11.6. The molecule has 0 aliphatic rings. The lowest BCUT2D eigenvalue weighted by atomic mass is 10.1. The summed E-state index contributed by atoms with van der Waals surface area (Å²) >= 11 is 5.32. The van der Waals surface area contributed by atoms with E-state index in [0.717, 1.165) is 0 Å². The lowest BCUT2D eigenvalue weighted by Crippen LogP contribution is -2.04. The number of furan rings is 1. The van der Waals surface area contributed by atoms with Crippen molar-refractivity contribution in [1.29, 1.82) is 0 Å². The molecule has 0 spiro atoms. The van der Waals surface area contributed by atoms with E-state index in [-0.39, 0.29) is 5.76 Å². The van der Waals surface area contributed by atoms with Gasteiger partial charge in [-0.1, -0.05) is 12.1 Å². The summed E-state index contributed by atoms with van der Waals surface area (Å²) in [6.07, 6.45) is 0. The summed E-state index contributed by atoms with van der Waals surface area (Å²) in [7, 11) is 0. The number of carbonyl (C=O) groups excluding carboxylic acids is 2. The van der Waals surface area contributed by atoms with Crippen molar-refractivity contribution in [2.75, 3.05) is 6.61 Å². The first-order chi connectivity index (χ1) is 9.11. The van der Waals surface area contributed by atoms with E-state index in [1.165, 1.54) is 6.07 Å². The lowest BCUT2D eigenvalue weighted by molar-refractivity contribution is 0.0526. The third-order valence-corrected chi connectivity index (χ3v) is 2.64. The van der Waals surface area contributed by atoms with Gasteiger partial charge in [-0.3, -0.25) is 4.79 Å². The molecule has 0 unspecified atom stereocenters. The smallest absolute Gasteiger partial charge is 0.338 e. The number of rotatable bonds is 4. The number of hydrogen-bond donors (Lipinski definition) is 0. The Kier molecular flexibility index (Phi) is 4.02. The SMILES string of the molecule is CCOC(=O)c1cccc(-c2ccc(C(=O)Cl)o2)c1. The lowest BCUT2D eigenvalue weighted by Gasteiger charge is -2.03. The molecule has 98 valence electrons. The average Bonchev–Trinajstić information content (AvgIpc) is 2.89. The normalized spacial score (nSPS) is 10.2. The fourth-order valence-electron chi connectivity index (χ4n) is 1.61. The first kappa shape index (κ1) is 13.4. The number of halogens is 1. The van der Waals surface area contributed by atoms with E-state index in [4.69, 9.17) is 20.8 Å². The third-order valence-electron chi connectivity index (χ3n) is 2.46. The molecule has 5 heteroatoms. The van der Waals surface area contributed by atoms with Gasteiger partial charge >= 0.3 is 5.97 Å². The molecule has 2 rings (SSSR count). The zero-order chi connectivity index (χ0) is 13.8. The van der Waals surface area contributed by atoms with E-state index < -0.39 is 11.2 Å². The molecule has 0 N–H and O–H groups in total. The Bertz CT molecular complexity index is 615. The molecular weight excluding hydrogens is 268 g/mol. The van der Waals surface area contributed by atoms with Gasteiger partial charge in [0.2, 0.25) is 0 Å². The van der Waals surface area contributed by atoms with Crippen molar-refractivity contribution < 1.29 is 18.7 Å². The average molecular weight is 279 g/mol. The predicted molar refractivity (Wildman–Crippen MR) is 70.3 cm³/mol. The molecule has 0 bridgehead atoms. The largest absolute Gasteiger partial charge is 0.462 e. The van der Waals surface area contributed by atoms with Crippen LogP contribution in [0.25, 0.3) is 11.3 Å². The Labute approximate surface area is 114 Å². The maximum absolute atomic E-state index is 11.6. The molecule has 0 saturated carbocycles. The van der Waals surface area contributed by atoms with E-state index in [2.05, 4.69) is 0 Å². The topological polar surface area (TPSA) is 56.5 Å². The second-order valence-corrected chi connectivity index (χ2v) is 4.08. The Balaban J connectivity index is 2.32. The molecule has 0 amide bonds. The van der Waals surface area contributed by atoms with Crippen molar-refractivity contribution in [2.24, 2.45) is 0 Å². The van der Waals surface area contributed by atoms with E-state index in [9.17, 15) is 9.59 Å². The summed E-state index contributed by atoms with van der Waals surface area (Å²) in [5.41, 5.74) is 1.10. The third kappa shape index (κ3) is 3.03.